The van der Waals surface area contributed by atoms with Gasteiger partial charge in [0.25, 0.3) is 0 Å². The van der Waals surface area contributed by atoms with Crippen molar-refractivity contribution >= 4 is 10.9 Å². The van der Waals surface area contributed by atoms with Crippen LogP contribution >= 0.6 is 0 Å². The molecule has 0 atom stereocenters. The van der Waals surface area contributed by atoms with Crippen molar-refractivity contribution < 1.29 is 9.26 Å². The van der Waals surface area contributed by atoms with E-state index in [0.717, 1.165) is 27.7 Å². The van der Waals surface area contributed by atoms with Crippen LogP contribution in [0, 0.1) is 0 Å². The van der Waals surface area contributed by atoms with Crippen molar-refractivity contribution in [3.05, 3.63) is 42.3 Å². The zero-order chi connectivity index (χ0) is 14.1. The smallest absolute Gasteiger partial charge is 0.147 e. The fraction of sp³-hybridized carbons (Fsp3) is 0.250. The number of pyridine rings is 1. The molecule has 3 rings (SSSR count). The molecule has 102 valence electrons. The van der Waals surface area contributed by atoms with Crippen molar-refractivity contribution in [2.24, 2.45) is 0 Å². The highest BCUT2D eigenvalue weighted by Gasteiger charge is 2.20. The molecular weight excluding hydrogens is 252 g/mol. The Morgan fingerprint density at radius 3 is 2.75 bits per heavy atom. The van der Waals surface area contributed by atoms with Crippen molar-refractivity contribution in [3.8, 4) is 17.0 Å². The average Bonchev–Trinajstić information content (AvgIpc) is 2.95. The molecule has 0 radical (unpaired) electrons. The van der Waals surface area contributed by atoms with Crippen molar-refractivity contribution in [2.75, 3.05) is 7.11 Å². The molecule has 0 bridgehead atoms. The molecule has 2 heterocycles. The number of fused-ring (bicyclic) bond motifs is 1. The van der Waals surface area contributed by atoms with Gasteiger partial charge in [0.15, 0.2) is 0 Å². The van der Waals surface area contributed by atoms with Gasteiger partial charge in [-0.15, -0.1) is 0 Å². The number of nitrogens with zero attached hydrogens (tertiary/aromatic N) is 2. The van der Waals surface area contributed by atoms with Crippen LogP contribution in [0.25, 0.3) is 22.2 Å². The zero-order valence-corrected chi connectivity index (χ0v) is 11.8. The zero-order valence-electron chi connectivity index (χ0n) is 11.8. The first-order valence-corrected chi connectivity index (χ1v) is 6.58. The maximum Gasteiger partial charge on any atom is 0.147 e. The summed E-state index contributed by atoms with van der Waals surface area (Å²) in [5.74, 6) is 1.03. The molecule has 0 unspecified atom stereocenters. The van der Waals surface area contributed by atoms with Gasteiger partial charge in [-0.1, -0.05) is 37.2 Å². The van der Waals surface area contributed by atoms with Gasteiger partial charge in [0, 0.05) is 10.9 Å². The SMILES string of the molecule is COc1cnc2ccccc2c1-c1nocc1C(C)C. The van der Waals surface area contributed by atoms with Crippen molar-refractivity contribution in [3.63, 3.8) is 0 Å². The first kappa shape index (κ1) is 12.7. The van der Waals surface area contributed by atoms with E-state index < -0.39 is 0 Å². The van der Waals surface area contributed by atoms with Gasteiger partial charge < -0.3 is 9.26 Å². The average molecular weight is 268 g/mol. The van der Waals surface area contributed by atoms with Crippen LogP contribution < -0.4 is 4.74 Å². The lowest BCUT2D eigenvalue weighted by molar-refractivity contribution is 0.410. The molecule has 0 fully saturated rings. The molecule has 2 aromatic heterocycles. The van der Waals surface area contributed by atoms with E-state index in [9.17, 15) is 0 Å². The van der Waals surface area contributed by atoms with Crippen molar-refractivity contribution in [2.45, 2.75) is 19.8 Å². The van der Waals surface area contributed by atoms with E-state index in [-0.39, 0.29) is 0 Å². The predicted octanol–water partition coefficient (Wildman–Crippen LogP) is 4.02. The monoisotopic (exact) mass is 268 g/mol. The summed E-state index contributed by atoms with van der Waals surface area (Å²) in [6, 6.07) is 7.96. The van der Waals surface area contributed by atoms with Gasteiger partial charge in [-0.25, -0.2) is 0 Å². The lowest BCUT2D eigenvalue weighted by atomic mass is 9.97. The van der Waals surface area contributed by atoms with Gasteiger partial charge in [-0.3, -0.25) is 4.98 Å². The highest BCUT2D eigenvalue weighted by molar-refractivity contribution is 5.97. The molecule has 1 aromatic carbocycles. The van der Waals surface area contributed by atoms with Gasteiger partial charge in [0.1, 0.15) is 17.7 Å². The van der Waals surface area contributed by atoms with Crippen molar-refractivity contribution in [1.82, 2.24) is 10.1 Å². The third-order valence-electron chi connectivity index (χ3n) is 3.42. The van der Waals surface area contributed by atoms with Crippen LogP contribution in [0.4, 0.5) is 0 Å². The molecule has 0 aliphatic heterocycles. The second kappa shape index (κ2) is 4.96. The first-order valence-electron chi connectivity index (χ1n) is 6.58. The van der Waals surface area contributed by atoms with Gasteiger partial charge in [0.05, 0.1) is 24.4 Å². The Kier molecular flexibility index (Phi) is 3.14. The van der Waals surface area contributed by atoms with Gasteiger partial charge in [-0.05, 0) is 12.0 Å². The van der Waals surface area contributed by atoms with Crippen LogP contribution in [-0.2, 0) is 0 Å². The lowest BCUT2D eigenvalue weighted by Crippen LogP contribution is -1.95. The number of rotatable bonds is 3. The molecule has 0 spiro atoms. The fourth-order valence-corrected chi connectivity index (χ4v) is 2.37. The van der Waals surface area contributed by atoms with Gasteiger partial charge >= 0.3 is 0 Å². The highest BCUT2D eigenvalue weighted by Crippen LogP contribution is 2.38. The predicted molar refractivity (Wildman–Crippen MR) is 77.9 cm³/mol. The number of para-hydroxylation sites is 1. The topological polar surface area (TPSA) is 48.2 Å². The van der Waals surface area contributed by atoms with E-state index >= 15 is 0 Å². The maximum absolute atomic E-state index is 5.47. The lowest BCUT2D eigenvalue weighted by Gasteiger charge is -2.11. The number of benzene rings is 1. The van der Waals surface area contributed by atoms with Crippen LogP contribution in [0.1, 0.15) is 25.3 Å². The van der Waals surface area contributed by atoms with Crippen LogP contribution in [0.15, 0.2) is 41.2 Å². The molecule has 0 aliphatic rings. The molecule has 0 aliphatic carbocycles. The maximum atomic E-state index is 5.47. The van der Waals surface area contributed by atoms with E-state index in [1.165, 1.54) is 0 Å². The van der Waals surface area contributed by atoms with E-state index in [0.29, 0.717) is 11.7 Å². The summed E-state index contributed by atoms with van der Waals surface area (Å²) in [4.78, 5) is 4.41. The van der Waals surface area contributed by atoms with Crippen molar-refractivity contribution in [1.29, 1.82) is 0 Å². The molecule has 20 heavy (non-hydrogen) atoms. The summed E-state index contributed by atoms with van der Waals surface area (Å²) < 4.78 is 10.7. The number of methoxy groups -OCH3 is 1. The summed E-state index contributed by atoms with van der Waals surface area (Å²) in [6.07, 6.45) is 3.44. The third kappa shape index (κ3) is 1.93. The Balaban J connectivity index is 2.36. The number of aromatic nitrogens is 2. The minimum absolute atomic E-state index is 0.327. The van der Waals surface area contributed by atoms with E-state index in [1.54, 1.807) is 19.6 Å². The summed E-state index contributed by atoms with van der Waals surface area (Å²) >= 11 is 0. The molecule has 0 amide bonds. The van der Waals surface area contributed by atoms with Crippen LogP contribution in [0.5, 0.6) is 5.75 Å². The molecule has 0 saturated heterocycles. The Bertz CT molecular complexity index is 747. The Hall–Kier alpha value is -2.36. The van der Waals surface area contributed by atoms with Crippen LogP contribution in [-0.4, -0.2) is 17.3 Å². The Morgan fingerprint density at radius 1 is 1.20 bits per heavy atom. The molecule has 4 heteroatoms. The Labute approximate surface area is 117 Å². The second-order valence-electron chi connectivity index (χ2n) is 4.99. The minimum Gasteiger partial charge on any atom is -0.494 e. The number of hydrogen-bond acceptors (Lipinski definition) is 4. The molecule has 0 saturated carbocycles. The molecule has 4 nitrogen and oxygen atoms in total. The third-order valence-corrected chi connectivity index (χ3v) is 3.42. The van der Waals surface area contributed by atoms with Gasteiger partial charge in [0.2, 0.25) is 0 Å². The molecule has 0 N–H and O–H groups in total. The number of ether oxygens (including phenoxy) is 1. The number of hydrogen-bond donors (Lipinski definition) is 0. The van der Waals surface area contributed by atoms with Crippen LogP contribution in [0.3, 0.4) is 0 Å². The van der Waals surface area contributed by atoms with E-state index in [4.69, 9.17) is 9.26 Å². The first-order chi connectivity index (χ1) is 9.72. The Morgan fingerprint density at radius 2 is 2.00 bits per heavy atom. The molecule has 3 aromatic rings. The van der Waals surface area contributed by atoms with E-state index in [2.05, 4.69) is 24.0 Å². The van der Waals surface area contributed by atoms with E-state index in [1.807, 2.05) is 24.3 Å². The fourth-order valence-electron chi connectivity index (χ4n) is 2.37. The minimum atomic E-state index is 0.327. The highest BCUT2D eigenvalue weighted by atomic mass is 16.5. The second-order valence-corrected chi connectivity index (χ2v) is 4.99. The summed E-state index contributed by atoms with van der Waals surface area (Å²) in [7, 11) is 1.64. The quantitative estimate of drug-likeness (QED) is 0.719. The standard InChI is InChI=1S/C16H16N2O2/c1-10(2)12-9-20-18-16(12)15-11-6-4-5-7-13(11)17-8-14(15)19-3/h4-10H,1-3H3. The summed E-state index contributed by atoms with van der Waals surface area (Å²) in [5, 5.41) is 5.20. The summed E-state index contributed by atoms with van der Waals surface area (Å²) in [6.45, 7) is 4.23. The van der Waals surface area contributed by atoms with Crippen LogP contribution in [0.2, 0.25) is 0 Å². The summed E-state index contributed by atoms with van der Waals surface area (Å²) in [5.41, 5.74) is 3.76. The normalized spacial score (nSPS) is 11.2. The largest absolute Gasteiger partial charge is 0.494 e. The molecular formula is C16H16N2O2. The van der Waals surface area contributed by atoms with Gasteiger partial charge in [-0.2, -0.15) is 0 Å².